The van der Waals surface area contributed by atoms with Crippen LogP contribution in [-0.2, 0) is 9.53 Å². The lowest BCUT2D eigenvalue weighted by Gasteiger charge is -2.11. The predicted octanol–water partition coefficient (Wildman–Crippen LogP) is 2.45. The van der Waals surface area contributed by atoms with Crippen LogP contribution in [0.2, 0.25) is 0 Å². The number of nitrogens with zero attached hydrogens (tertiary/aromatic N) is 3. The number of hydrogen-bond acceptors (Lipinski definition) is 9. The molecule has 29 heavy (non-hydrogen) atoms. The average Bonchev–Trinajstić information content (AvgIpc) is 2.67. The Hall–Kier alpha value is -3.73. The van der Waals surface area contributed by atoms with E-state index in [0.29, 0.717) is 17.1 Å². The first-order valence-corrected chi connectivity index (χ1v) is 8.72. The molecule has 0 radical (unpaired) electrons. The van der Waals surface area contributed by atoms with E-state index < -0.39 is 6.09 Å². The predicted molar refractivity (Wildman–Crippen MR) is 107 cm³/mol. The Morgan fingerprint density at radius 1 is 1.14 bits per heavy atom. The molecule has 0 unspecified atom stereocenters. The number of carbonyl (C=O) groups is 2. The zero-order valence-electron chi connectivity index (χ0n) is 16.1. The second kappa shape index (κ2) is 10.6. The third kappa shape index (κ3) is 7.07. The fourth-order valence-electron chi connectivity index (χ4n) is 2.01. The summed E-state index contributed by atoms with van der Waals surface area (Å²) >= 11 is 0. The lowest BCUT2D eigenvalue weighted by Crippen LogP contribution is -2.31. The monoisotopic (exact) mass is 401 g/mol. The Morgan fingerprint density at radius 2 is 1.86 bits per heavy atom. The van der Waals surface area contributed by atoms with Gasteiger partial charge in [-0.25, -0.2) is 9.78 Å². The van der Waals surface area contributed by atoms with E-state index in [-0.39, 0.29) is 36.9 Å². The van der Waals surface area contributed by atoms with Gasteiger partial charge in [-0.1, -0.05) is 12.1 Å². The third-order valence-corrected chi connectivity index (χ3v) is 3.30. The maximum Gasteiger partial charge on any atom is 0.410 e. The van der Waals surface area contributed by atoms with Crippen molar-refractivity contribution < 1.29 is 19.1 Å². The van der Waals surface area contributed by atoms with E-state index in [9.17, 15) is 9.59 Å². The molecule has 2 rings (SSSR count). The molecule has 2 aromatic rings. The zero-order chi connectivity index (χ0) is 21.2. The maximum atomic E-state index is 11.5. The molecule has 11 nitrogen and oxygen atoms in total. The van der Waals surface area contributed by atoms with Gasteiger partial charge in [0.2, 0.25) is 12.7 Å². The molecule has 0 spiro atoms. The number of ether oxygens (including phenoxy) is 2. The summed E-state index contributed by atoms with van der Waals surface area (Å²) in [4.78, 5) is 26.8. The van der Waals surface area contributed by atoms with Crippen molar-refractivity contribution in [3.8, 4) is 5.75 Å². The molecular formula is C18H23N7O4. The van der Waals surface area contributed by atoms with Crippen LogP contribution in [0.25, 0.3) is 0 Å². The minimum absolute atomic E-state index is 0.0438. The summed E-state index contributed by atoms with van der Waals surface area (Å²) in [5.41, 5.74) is 11.8. The second-order valence-electron chi connectivity index (χ2n) is 6.01. The number of carbonyl (C=O) groups excluding carboxylic acids is 2. The van der Waals surface area contributed by atoms with Gasteiger partial charge in [-0.05, 0) is 38.1 Å². The molecule has 0 bridgehead atoms. The van der Waals surface area contributed by atoms with Crippen LogP contribution in [0, 0.1) is 0 Å². The summed E-state index contributed by atoms with van der Waals surface area (Å²) < 4.78 is 10.4. The standard InChI is InChI=1S/C18H23N7O4/c1-11(2)21-18(27)29-10-28-14-6-4-3-5-12(14)24-25-13-7-8-15(23-17(13)20)22-16(26)9-19/h3-8,11H,9-10,19H2,1-2H3,(H,21,27)(H3,20,22,23,26)/b25-24+. The van der Waals surface area contributed by atoms with Gasteiger partial charge in [0.05, 0.1) is 6.54 Å². The van der Waals surface area contributed by atoms with Gasteiger partial charge in [-0.2, -0.15) is 0 Å². The van der Waals surface area contributed by atoms with Gasteiger partial charge < -0.3 is 31.6 Å². The molecule has 0 saturated carbocycles. The Morgan fingerprint density at radius 3 is 2.55 bits per heavy atom. The summed E-state index contributed by atoms with van der Waals surface area (Å²) in [6, 6.07) is 9.87. The van der Waals surface area contributed by atoms with Crippen molar-refractivity contribution in [1.82, 2.24) is 10.3 Å². The molecular weight excluding hydrogens is 378 g/mol. The molecule has 6 N–H and O–H groups in total. The van der Waals surface area contributed by atoms with Gasteiger partial charge in [0.1, 0.15) is 17.2 Å². The minimum atomic E-state index is -0.584. The quantitative estimate of drug-likeness (QED) is 0.389. The van der Waals surface area contributed by atoms with Gasteiger partial charge in [0, 0.05) is 6.04 Å². The summed E-state index contributed by atoms with van der Waals surface area (Å²) in [5.74, 6) is 0.321. The first kappa shape index (κ1) is 21.6. The number of pyridine rings is 1. The molecule has 0 fully saturated rings. The van der Waals surface area contributed by atoms with E-state index in [4.69, 9.17) is 20.9 Å². The van der Waals surface area contributed by atoms with E-state index in [1.54, 1.807) is 30.3 Å². The van der Waals surface area contributed by atoms with Crippen LogP contribution >= 0.6 is 0 Å². The van der Waals surface area contributed by atoms with Crippen molar-refractivity contribution in [2.75, 3.05) is 24.4 Å². The highest BCUT2D eigenvalue weighted by molar-refractivity contribution is 5.91. The largest absolute Gasteiger partial charge is 0.455 e. The van der Waals surface area contributed by atoms with Crippen LogP contribution in [0.15, 0.2) is 46.6 Å². The smallest absolute Gasteiger partial charge is 0.410 e. The van der Waals surface area contributed by atoms with Crippen LogP contribution < -0.4 is 26.8 Å². The molecule has 1 aromatic heterocycles. The third-order valence-electron chi connectivity index (χ3n) is 3.30. The Labute approximate surface area is 167 Å². The van der Waals surface area contributed by atoms with E-state index in [2.05, 4.69) is 25.8 Å². The normalized spacial score (nSPS) is 10.8. The molecule has 1 aromatic carbocycles. The van der Waals surface area contributed by atoms with Gasteiger partial charge in [0.25, 0.3) is 0 Å². The lowest BCUT2D eigenvalue weighted by molar-refractivity contribution is -0.114. The van der Waals surface area contributed by atoms with Gasteiger partial charge in [0.15, 0.2) is 11.6 Å². The summed E-state index contributed by atoms with van der Waals surface area (Å²) in [6.07, 6.45) is -0.584. The number of azo groups is 1. The number of benzene rings is 1. The fraction of sp³-hybridized carbons (Fsp3) is 0.278. The Bertz CT molecular complexity index is 886. The number of alkyl carbamates (subject to hydrolysis) is 1. The molecule has 0 saturated heterocycles. The van der Waals surface area contributed by atoms with E-state index in [1.807, 2.05) is 13.8 Å². The molecule has 2 amide bonds. The van der Waals surface area contributed by atoms with Crippen molar-refractivity contribution in [3.63, 3.8) is 0 Å². The molecule has 0 aliphatic heterocycles. The van der Waals surface area contributed by atoms with Crippen molar-refractivity contribution >= 4 is 35.0 Å². The number of para-hydroxylation sites is 1. The second-order valence-corrected chi connectivity index (χ2v) is 6.01. The highest BCUT2D eigenvalue weighted by atomic mass is 16.7. The first-order valence-electron chi connectivity index (χ1n) is 8.72. The van der Waals surface area contributed by atoms with Crippen LogP contribution in [0.1, 0.15) is 13.8 Å². The van der Waals surface area contributed by atoms with Crippen molar-refractivity contribution in [3.05, 3.63) is 36.4 Å². The van der Waals surface area contributed by atoms with Crippen molar-refractivity contribution in [1.29, 1.82) is 0 Å². The molecule has 1 heterocycles. The summed E-state index contributed by atoms with van der Waals surface area (Å²) in [6.45, 7) is 3.18. The summed E-state index contributed by atoms with van der Waals surface area (Å²) in [5, 5.41) is 13.2. The molecule has 0 aliphatic carbocycles. The highest BCUT2D eigenvalue weighted by Gasteiger charge is 2.08. The summed E-state index contributed by atoms with van der Waals surface area (Å²) in [7, 11) is 0. The zero-order valence-corrected chi connectivity index (χ0v) is 16.1. The van der Waals surface area contributed by atoms with Gasteiger partial charge in [-0.15, -0.1) is 10.2 Å². The molecule has 0 atom stereocenters. The Kier molecular flexibility index (Phi) is 7.86. The maximum absolute atomic E-state index is 11.5. The number of aromatic nitrogens is 1. The average molecular weight is 401 g/mol. The first-order chi connectivity index (χ1) is 13.9. The number of rotatable bonds is 8. The number of amides is 2. The Balaban J connectivity index is 2.04. The van der Waals surface area contributed by atoms with Crippen molar-refractivity contribution in [2.45, 2.75) is 19.9 Å². The SMILES string of the molecule is CC(C)NC(=O)OCOc1ccccc1/N=N/c1ccc(NC(=O)CN)nc1N. The van der Waals surface area contributed by atoms with E-state index >= 15 is 0 Å². The highest BCUT2D eigenvalue weighted by Crippen LogP contribution is 2.30. The van der Waals surface area contributed by atoms with Crippen molar-refractivity contribution in [2.24, 2.45) is 16.0 Å². The number of nitrogens with one attached hydrogen (secondary N) is 2. The van der Waals surface area contributed by atoms with Crippen LogP contribution in [0.3, 0.4) is 0 Å². The van der Waals surface area contributed by atoms with Gasteiger partial charge >= 0.3 is 6.09 Å². The molecule has 0 aliphatic rings. The van der Waals surface area contributed by atoms with Gasteiger partial charge in [-0.3, -0.25) is 4.79 Å². The van der Waals surface area contributed by atoms with Crippen LogP contribution in [0.4, 0.5) is 27.8 Å². The lowest BCUT2D eigenvalue weighted by atomic mass is 10.3. The number of hydrogen-bond donors (Lipinski definition) is 4. The molecule has 11 heteroatoms. The van der Waals surface area contributed by atoms with Crippen LogP contribution in [-0.4, -0.2) is 36.4 Å². The number of nitrogen functional groups attached to an aromatic ring is 1. The van der Waals surface area contributed by atoms with E-state index in [1.165, 1.54) is 6.07 Å². The van der Waals surface area contributed by atoms with E-state index in [0.717, 1.165) is 0 Å². The number of anilines is 2. The number of nitrogens with two attached hydrogens (primary N) is 2. The van der Waals surface area contributed by atoms with Crippen LogP contribution in [0.5, 0.6) is 5.75 Å². The fourth-order valence-corrected chi connectivity index (χ4v) is 2.01. The molecule has 154 valence electrons. The minimum Gasteiger partial charge on any atom is -0.455 e. The topological polar surface area (TPSA) is 166 Å².